The van der Waals surface area contributed by atoms with Crippen molar-refractivity contribution in [3.8, 4) is 5.69 Å². The minimum atomic E-state index is -3.00. The van der Waals surface area contributed by atoms with Crippen molar-refractivity contribution in [3.05, 3.63) is 63.9 Å². The first-order valence-corrected chi connectivity index (χ1v) is 10.2. The van der Waals surface area contributed by atoms with E-state index in [4.69, 9.17) is 4.74 Å². The van der Waals surface area contributed by atoms with Gasteiger partial charge in [-0.1, -0.05) is 19.1 Å². The van der Waals surface area contributed by atoms with E-state index >= 15 is 0 Å². The fourth-order valence-corrected chi connectivity index (χ4v) is 3.32. The second-order valence-corrected chi connectivity index (χ2v) is 8.35. The summed E-state index contributed by atoms with van der Waals surface area (Å²) in [6.45, 7) is 6.74. The maximum atomic E-state index is 14.0. The first-order chi connectivity index (χ1) is 15.4. The van der Waals surface area contributed by atoms with E-state index in [1.807, 2.05) is 0 Å². The normalized spacial score (nSPS) is 11.8. The van der Waals surface area contributed by atoms with Crippen molar-refractivity contribution in [1.29, 1.82) is 0 Å². The molecule has 33 heavy (non-hydrogen) atoms. The maximum absolute atomic E-state index is 14.0. The minimum absolute atomic E-state index is 0.0409. The molecule has 10 heteroatoms. The van der Waals surface area contributed by atoms with E-state index < -0.39 is 46.3 Å². The van der Waals surface area contributed by atoms with Gasteiger partial charge in [0.05, 0.1) is 16.6 Å². The molecule has 0 atom stereocenters. The molecule has 0 saturated carbocycles. The summed E-state index contributed by atoms with van der Waals surface area (Å²) in [5.74, 6) is -2.30. The number of hydrogen-bond donors (Lipinski definition) is 0. The molecular formula is C23H23F4N3O3. The lowest BCUT2D eigenvalue weighted by molar-refractivity contribution is 0.0577. The van der Waals surface area contributed by atoms with E-state index in [-0.39, 0.29) is 23.7 Å². The molecule has 0 radical (unpaired) electrons. The Balaban J connectivity index is 2.42. The monoisotopic (exact) mass is 465 g/mol. The third kappa shape index (κ3) is 5.15. The molecule has 0 bridgehead atoms. The summed E-state index contributed by atoms with van der Waals surface area (Å²) in [5, 5.41) is -0.415. The summed E-state index contributed by atoms with van der Waals surface area (Å²) in [7, 11) is 0. The number of alkyl halides is 2. The SMILES string of the molecule is CCCN(C(=O)OC(C)(C)C)c1nc2cccc(C(F)F)c2c(=O)n1-c1cc(F)cc(F)c1. The van der Waals surface area contributed by atoms with Gasteiger partial charge in [0.15, 0.2) is 0 Å². The van der Waals surface area contributed by atoms with Crippen LogP contribution >= 0.6 is 0 Å². The molecule has 1 aromatic heterocycles. The molecule has 3 rings (SSSR count). The minimum Gasteiger partial charge on any atom is -0.443 e. The Morgan fingerprint density at radius 1 is 1.15 bits per heavy atom. The number of carbonyl (C=O) groups is 1. The molecule has 2 aromatic carbocycles. The molecule has 3 aromatic rings. The second-order valence-electron chi connectivity index (χ2n) is 8.35. The van der Waals surface area contributed by atoms with Crippen LogP contribution in [0.2, 0.25) is 0 Å². The quantitative estimate of drug-likeness (QED) is 0.450. The van der Waals surface area contributed by atoms with Gasteiger partial charge in [-0.15, -0.1) is 0 Å². The highest BCUT2D eigenvalue weighted by molar-refractivity contribution is 5.89. The third-order valence-electron chi connectivity index (χ3n) is 4.56. The van der Waals surface area contributed by atoms with Crippen LogP contribution in [0.25, 0.3) is 16.6 Å². The van der Waals surface area contributed by atoms with Gasteiger partial charge in [0.2, 0.25) is 5.95 Å². The molecule has 0 aliphatic carbocycles. The molecule has 1 amide bonds. The molecule has 0 N–H and O–H groups in total. The highest BCUT2D eigenvalue weighted by Gasteiger charge is 2.29. The van der Waals surface area contributed by atoms with Crippen LogP contribution in [0.5, 0.6) is 0 Å². The summed E-state index contributed by atoms with van der Waals surface area (Å²) in [4.78, 5) is 31.8. The smallest absolute Gasteiger partial charge is 0.417 e. The Labute approximate surface area is 187 Å². The van der Waals surface area contributed by atoms with Gasteiger partial charge in [-0.3, -0.25) is 4.79 Å². The lowest BCUT2D eigenvalue weighted by Gasteiger charge is -2.28. The first-order valence-electron chi connectivity index (χ1n) is 10.2. The number of halogens is 4. The predicted molar refractivity (Wildman–Crippen MR) is 116 cm³/mol. The number of amides is 1. The van der Waals surface area contributed by atoms with Crippen LogP contribution in [-0.2, 0) is 4.74 Å². The van der Waals surface area contributed by atoms with E-state index in [2.05, 4.69) is 4.98 Å². The standard InChI is InChI=1S/C23H23F4N3O3/c1-5-9-29(22(32)33-23(2,3)4)21-28-17-8-6-7-16(19(26)27)18(17)20(31)30(21)15-11-13(24)10-14(25)12-15/h6-8,10-12,19H,5,9H2,1-4H3. The third-order valence-corrected chi connectivity index (χ3v) is 4.56. The predicted octanol–water partition coefficient (Wildman–Crippen LogP) is 5.75. The number of hydrogen-bond acceptors (Lipinski definition) is 4. The number of benzene rings is 2. The highest BCUT2D eigenvalue weighted by atomic mass is 19.3. The average Bonchev–Trinajstić information content (AvgIpc) is 2.69. The lowest BCUT2D eigenvalue weighted by Crippen LogP contribution is -2.41. The molecule has 0 aliphatic rings. The zero-order chi connectivity index (χ0) is 24.5. The van der Waals surface area contributed by atoms with Crippen LogP contribution in [0.1, 0.15) is 46.1 Å². The van der Waals surface area contributed by atoms with Gasteiger partial charge in [-0.25, -0.2) is 36.8 Å². The number of anilines is 1. The summed E-state index contributed by atoms with van der Waals surface area (Å²) >= 11 is 0. The Kier molecular flexibility index (Phi) is 6.76. The number of rotatable bonds is 5. The van der Waals surface area contributed by atoms with Crippen LogP contribution < -0.4 is 10.5 Å². The topological polar surface area (TPSA) is 64.4 Å². The Morgan fingerprint density at radius 2 is 1.79 bits per heavy atom. The van der Waals surface area contributed by atoms with Gasteiger partial charge < -0.3 is 4.74 Å². The van der Waals surface area contributed by atoms with Gasteiger partial charge in [0.25, 0.3) is 12.0 Å². The molecule has 6 nitrogen and oxygen atoms in total. The average molecular weight is 465 g/mol. The summed E-state index contributed by atoms with van der Waals surface area (Å²) in [6.07, 6.45) is -3.43. The van der Waals surface area contributed by atoms with E-state index in [1.165, 1.54) is 12.1 Å². The van der Waals surface area contributed by atoms with Gasteiger partial charge in [0, 0.05) is 18.2 Å². The van der Waals surface area contributed by atoms with Gasteiger partial charge in [-0.05, 0) is 45.4 Å². The van der Waals surface area contributed by atoms with E-state index in [9.17, 15) is 27.2 Å². The van der Waals surface area contributed by atoms with Crippen molar-refractivity contribution >= 4 is 22.9 Å². The zero-order valence-corrected chi connectivity index (χ0v) is 18.5. The zero-order valence-electron chi connectivity index (χ0n) is 18.5. The molecule has 0 saturated heterocycles. The van der Waals surface area contributed by atoms with E-state index in [0.717, 1.165) is 27.7 Å². The molecule has 0 aliphatic heterocycles. The van der Waals surface area contributed by atoms with Crippen molar-refractivity contribution in [2.24, 2.45) is 0 Å². The first kappa shape index (κ1) is 24.2. The number of nitrogens with zero attached hydrogens (tertiary/aromatic N) is 3. The molecule has 0 fully saturated rings. The molecule has 1 heterocycles. The molecule has 176 valence electrons. The molecule has 0 unspecified atom stereocenters. The van der Waals surface area contributed by atoms with Gasteiger partial charge in [-0.2, -0.15) is 0 Å². The van der Waals surface area contributed by atoms with Gasteiger partial charge in [0.1, 0.15) is 17.2 Å². The van der Waals surface area contributed by atoms with Crippen LogP contribution in [0.3, 0.4) is 0 Å². The molecular weight excluding hydrogens is 442 g/mol. The van der Waals surface area contributed by atoms with Crippen molar-refractivity contribution in [1.82, 2.24) is 9.55 Å². The molecule has 0 spiro atoms. The largest absolute Gasteiger partial charge is 0.443 e. The number of fused-ring (bicyclic) bond motifs is 1. The summed E-state index contributed by atoms with van der Waals surface area (Å²) < 4.78 is 61.5. The van der Waals surface area contributed by atoms with Gasteiger partial charge >= 0.3 is 6.09 Å². The van der Waals surface area contributed by atoms with Crippen molar-refractivity contribution in [2.45, 2.75) is 46.1 Å². The van der Waals surface area contributed by atoms with E-state index in [0.29, 0.717) is 12.5 Å². The lowest BCUT2D eigenvalue weighted by atomic mass is 10.1. The van der Waals surface area contributed by atoms with Crippen LogP contribution in [0.15, 0.2) is 41.2 Å². The van der Waals surface area contributed by atoms with Crippen LogP contribution in [0, 0.1) is 11.6 Å². The summed E-state index contributed by atoms with van der Waals surface area (Å²) in [6, 6.07) is 6.04. The second kappa shape index (κ2) is 9.21. The van der Waals surface area contributed by atoms with Crippen molar-refractivity contribution in [3.63, 3.8) is 0 Å². The number of ether oxygens (including phenoxy) is 1. The Hall–Kier alpha value is -3.43. The van der Waals surface area contributed by atoms with E-state index in [1.54, 1.807) is 27.7 Å². The number of aromatic nitrogens is 2. The maximum Gasteiger partial charge on any atom is 0.417 e. The Morgan fingerprint density at radius 3 is 2.33 bits per heavy atom. The highest BCUT2D eigenvalue weighted by Crippen LogP contribution is 2.28. The van der Waals surface area contributed by atoms with Crippen LogP contribution in [0.4, 0.5) is 28.3 Å². The fraction of sp³-hybridized carbons (Fsp3) is 0.348. The number of carbonyl (C=O) groups excluding carboxylic acids is 1. The van der Waals surface area contributed by atoms with Crippen molar-refractivity contribution < 1.29 is 27.1 Å². The fourth-order valence-electron chi connectivity index (χ4n) is 3.32. The van der Waals surface area contributed by atoms with Crippen LogP contribution in [-0.4, -0.2) is 27.8 Å². The Bertz CT molecular complexity index is 1230. The van der Waals surface area contributed by atoms with Crippen molar-refractivity contribution in [2.75, 3.05) is 11.4 Å². The summed E-state index contributed by atoms with van der Waals surface area (Å²) in [5.41, 5.74) is -2.87.